The minimum Gasteiger partial charge on any atom is -0.478 e. The van der Waals surface area contributed by atoms with Gasteiger partial charge in [-0.05, 0) is 43.7 Å². The molecule has 0 saturated heterocycles. The van der Waals surface area contributed by atoms with Crippen molar-refractivity contribution in [2.75, 3.05) is 10.8 Å². The van der Waals surface area contributed by atoms with E-state index in [4.69, 9.17) is 0 Å². The number of carboxylic acid groups (broad SMARTS) is 1. The molecule has 0 bridgehead atoms. The second-order valence-corrected chi connectivity index (χ2v) is 7.36. The van der Waals surface area contributed by atoms with Crippen molar-refractivity contribution in [3.05, 3.63) is 59.7 Å². The molecule has 0 aliphatic rings. The van der Waals surface area contributed by atoms with E-state index in [0.717, 1.165) is 10.4 Å². The number of aryl methyl sites for hydroxylation is 1. The van der Waals surface area contributed by atoms with Gasteiger partial charge in [-0.2, -0.15) is 0 Å². The molecule has 0 amide bonds. The van der Waals surface area contributed by atoms with E-state index in [1.165, 1.54) is 19.1 Å². The van der Waals surface area contributed by atoms with Crippen LogP contribution >= 0.6 is 0 Å². The second-order valence-electron chi connectivity index (χ2n) is 5.50. The lowest BCUT2D eigenvalue weighted by Crippen LogP contribution is -2.36. The summed E-state index contributed by atoms with van der Waals surface area (Å²) < 4.78 is 27.0. The third-order valence-electron chi connectivity index (χ3n) is 3.50. The molecule has 7 heteroatoms. The number of benzene rings is 2. The van der Waals surface area contributed by atoms with Gasteiger partial charge in [-0.25, -0.2) is 13.2 Å². The Balaban J connectivity index is 2.56. The van der Waals surface area contributed by atoms with Crippen molar-refractivity contribution in [3.8, 4) is 0 Å². The molecule has 1 unspecified atom stereocenters. The molecule has 0 radical (unpaired) electrons. The molecule has 0 heterocycles. The first-order valence-corrected chi connectivity index (χ1v) is 8.77. The smallest absolute Gasteiger partial charge is 0.335 e. The standard InChI is InChI=1S/C17H19NO5S/c1-12-8-9-15(10-16(12)17(20)21)24(22,23)18(11-13(2)19)14-6-4-3-5-7-14/h3-10,13,19H,11H2,1-2H3,(H,20,21). The number of carbonyl (C=O) groups is 1. The van der Waals surface area contributed by atoms with Crippen molar-refractivity contribution >= 4 is 21.7 Å². The molecule has 6 nitrogen and oxygen atoms in total. The van der Waals surface area contributed by atoms with E-state index in [2.05, 4.69) is 0 Å². The lowest BCUT2D eigenvalue weighted by molar-refractivity contribution is 0.0696. The van der Waals surface area contributed by atoms with Gasteiger partial charge in [0.05, 0.1) is 28.8 Å². The number of aromatic carboxylic acids is 1. The molecule has 2 aromatic carbocycles. The van der Waals surface area contributed by atoms with Crippen molar-refractivity contribution in [1.82, 2.24) is 0 Å². The van der Waals surface area contributed by atoms with Crippen LogP contribution in [0.1, 0.15) is 22.8 Å². The molecule has 0 spiro atoms. The molecule has 0 aliphatic heterocycles. The summed E-state index contributed by atoms with van der Waals surface area (Å²) in [5.74, 6) is -1.19. The molecule has 0 fully saturated rings. The van der Waals surface area contributed by atoms with Crippen LogP contribution in [0.25, 0.3) is 0 Å². The predicted molar refractivity (Wildman–Crippen MR) is 90.8 cm³/mol. The Morgan fingerprint density at radius 3 is 2.33 bits per heavy atom. The molecule has 24 heavy (non-hydrogen) atoms. The van der Waals surface area contributed by atoms with Crippen LogP contribution in [-0.4, -0.2) is 37.2 Å². The van der Waals surface area contributed by atoms with Gasteiger partial charge < -0.3 is 10.2 Å². The number of hydrogen-bond donors (Lipinski definition) is 2. The predicted octanol–water partition coefficient (Wildman–Crippen LogP) is 2.27. The minimum atomic E-state index is -4.01. The third-order valence-corrected chi connectivity index (χ3v) is 5.29. The van der Waals surface area contributed by atoms with Crippen molar-refractivity contribution in [1.29, 1.82) is 0 Å². The van der Waals surface area contributed by atoms with Gasteiger partial charge in [0.25, 0.3) is 10.0 Å². The maximum Gasteiger partial charge on any atom is 0.335 e. The van der Waals surface area contributed by atoms with Crippen LogP contribution in [0.4, 0.5) is 5.69 Å². The fourth-order valence-electron chi connectivity index (χ4n) is 2.30. The van der Waals surface area contributed by atoms with Crippen LogP contribution in [0, 0.1) is 6.92 Å². The van der Waals surface area contributed by atoms with E-state index in [9.17, 15) is 23.4 Å². The largest absolute Gasteiger partial charge is 0.478 e. The van der Waals surface area contributed by atoms with Crippen molar-refractivity contribution < 1.29 is 23.4 Å². The van der Waals surface area contributed by atoms with E-state index in [-0.39, 0.29) is 17.0 Å². The Labute approximate surface area is 141 Å². The Kier molecular flexibility index (Phi) is 5.26. The Morgan fingerprint density at radius 1 is 1.17 bits per heavy atom. The van der Waals surface area contributed by atoms with E-state index in [1.54, 1.807) is 37.3 Å². The van der Waals surface area contributed by atoms with Gasteiger partial charge in [0.2, 0.25) is 0 Å². The van der Waals surface area contributed by atoms with Gasteiger partial charge in [0.15, 0.2) is 0 Å². The maximum atomic E-state index is 13.0. The quantitative estimate of drug-likeness (QED) is 0.834. The van der Waals surface area contributed by atoms with Crippen molar-refractivity contribution in [2.45, 2.75) is 24.8 Å². The Bertz CT molecular complexity index is 831. The zero-order valence-corrected chi connectivity index (χ0v) is 14.2. The second kappa shape index (κ2) is 7.02. The van der Waals surface area contributed by atoms with Gasteiger partial charge in [-0.15, -0.1) is 0 Å². The summed E-state index contributed by atoms with van der Waals surface area (Å²) in [6, 6.07) is 12.3. The topological polar surface area (TPSA) is 94.9 Å². The van der Waals surface area contributed by atoms with Gasteiger partial charge in [-0.3, -0.25) is 4.31 Å². The summed E-state index contributed by atoms with van der Waals surface area (Å²) >= 11 is 0. The summed E-state index contributed by atoms with van der Waals surface area (Å²) in [6.07, 6.45) is -0.885. The monoisotopic (exact) mass is 349 g/mol. The first-order valence-electron chi connectivity index (χ1n) is 7.33. The van der Waals surface area contributed by atoms with Crippen molar-refractivity contribution in [3.63, 3.8) is 0 Å². The molecule has 0 saturated carbocycles. The fourth-order valence-corrected chi connectivity index (χ4v) is 3.87. The summed E-state index contributed by atoms with van der Waals surface area (Å²) in [4.78, 5) is 11.1. The highest BCUT2D eigenvalue weighted by Gasteiger charge is 2.27. The number of nitrogens with zero attached hydrogens (tertiary/aromatic N) is 1. The van der Waals surface area contributed by atoms with Crippen LogP contribution < -0.4 is 4.31 Å². The average molecular weight is 349 g/mol. The molecule has 0 aromatic heterocycles. The Morgan fingerprint density at radius 2 is 1.79 bits per heavy atom. The van der Waals surface area contributed by atoms with Crippen LogP contribution in [0.3, 0.4) is 0 Å². The highest BCUT2D eigenvalue weighted by atomic mass is 32.2. The van der Waals surface area contributed by atoms with Gasteiger partial charge in [-0.1, -0.05) is 24.3 Å². The van der Waals surface area contributed by atoms with Crippen LogP contribution in [0.15, 0.2) is 53.4 Å². The van der Waals surface area contributed by atoms with E-state index >= 15 is 0 Å². The first kappa shape index (κ1) is 18.0. The lowest BCUT2D eigenvalue weighted by atomic mass is 10.1. The normalized spacial score (nSPS) is 12.6. The fraction of sp³-hybridized carbons (Fsp3) is 0.235. The highest BCUT2D eigenvalue weighted by Crippen LogP contribution is 2.25. The molecular weight excluding hydrogens is 330 g/mol. The molecule has 128 valence electrons. The SMILES string of the molecule is Cc1ccc(S(=O)(=O)N(CC(C)O)c2ccccc2)cc1C(=O)O. The summed E-state index contributed by atoms with van der Waals surface area (Å²) in [5.41, 5.74) is 0.806. The zero-order chi connectivity index (χ0) is 17.9. The molecule has 0 aliphatic carbocycles. The number of sulfonamides is 1. The third kappa shape index (κ3) is 3.74. The summed E-state index contributed by atoms with van der Waals surface area (Å²) in [7, 11) is -4.01. The van der Waals surface area contributed by atoms with Crippen LogP contribution in [-0.2, 0) is 10.0 Å². The lowest BCUT2D eigenvalue weighted by Gasteiger charge is -2.26. The number of hydrogen-bond acceptors (Lipinski definition) is 4. The summed E-state index contributed by atoms with van der Waals surface area (Å²) in [6.45, 7) is 2.95. The first-order chi connectivity index (χ1) is 11.2. The molecule has 1 atom stereocenters. The number of aliphatic hydroxyl groups is 1. The van der Waals surface area contributed by atoms with Gasteiger partial charge in [0.1, 0.15) is 0 Å². The van der Waals surface area contributed by atoms with E-state index < -0.39 is 22.1 Å². The molecule has 2 N–H and O–H groups in total. The highest BCUT2D eigenvalue weighted by molar-refractivity contribution is 7.92. The Hall–Kier alpha value is -2.38. The van der Waals surface area contributed by atoms with Gasteiger partial charge in [0, 0.05) is 0 Å². The number of rotatable bonds is 6. The molecule has 2 rings (SSSR count). The van der Waals surface area contributed by atoms with E-state index in [0.29, 0.717) is 11.3 Å². The van der Waals surface area contributed by atoms with Gasteiger partial charge >= 0.3 is 5.97 Å². The molecule has 2 aromatic rings. The van der Waals surface area contributed by atoms with Crippen molar-refractivity contribution in [2.24, 2.45) is 0 Å². The van der Waals surface area contributed by atoms with Crippen LogP contribution in [0.2, 0.25) is 0 Å². The summed E-state index contributed by atoms with van der Waals surface area (Å²) in [5, 5.41) is 18.9. The van der Waals surface area contributed by atoms with Crippen LogP contribution in [0.5, 0.6) is 0 Å². The molecular formula is C17H19NO5S. The number of para-hydroxylation sites is 1. The maximum absolute atomic E-state index is 13.0. The number of aliphatic hydroxyl groups excluding tert-OH is 1. The number of carboxylic acids is 1. The minimum absolute atomic E-state index is 0.0684. The average Bonchev–Trinajstić information content (AvgIpc) is 2.53. The number of anilines is 1. The zero-order valence-electron chi connectivity index (χ0n) is 13.4. The van der Waals surface area contributed by atoms with E-state index in [1.807, 2.05) is 0 Å².